The molecule has 7 nitrogen and oxygen atoms in total. The molecule has 0 radical (unpaired) electrons. The molecule has 0 atom stereocenters. The van der Waals surface area contributed by atoms with E-state index in [-0.39, 0.29) is 17.9 Å². The SMILES string of the molecule is COC(=O)CC=Cc1cnc(N)c(C(=O)O)n1. The van der Waals surface area contributed by atoms with Crippen LogP contribution in [0.3, 0.4) is 0 Å². The van der Waals surface area contributed by atoms with E-state index in [4.69, 9.17) is 10.8 Å². The molecule has 17 heavy (non-hydrogen) atoms. The van der Waals surface area contributed by atoms with Crippen molar-refractivity contribution in [1.82, 2.24) is 9.97 Å². The van der Waals surface area contributed by atoms with Crippen molar-refractivity contribution in [3.05, 3.63) is 23.7 Å². The Hall–Kier alpha value is -2.44. The number of hydrogen-bond acceptors (Lipinski definition) is 6. The van der Waals surface area contributed by atoms with Gasteiger partial charge in [0.15, 0.2) is 11.5 Å². The molecule has 0 saturated heterocycles. The van der Waals surface area contributed by atoms with E-state index in [2.05, 4.69) is 14.7 Å². The molecule has 0 bridgehead atoms. The molecule has 0 spiro atoms. The number of carbonyl (C=O) groups excluding carboxylic acids is 1. The third-order valence-corrected chi connectivity index (χ3v) is 1.82. The van der Waals surface area contributed by atoms with Crippen molar-refractivity contribution in [2.75, 3.05) is 12.8 Å². The molecule has 0 aliphatic heterocycles. The maximum atomic E-state index is 10.8. The van der Waals surface area contributed by atoms with Crippen LogP contribution < -0.4 is 5.73 Å². The fourth-order valence-electron chi connectivity index (χ4n) is 1.01. The highest BCUT2D eigenvalue weighted by Gasteiger charge is 2.10. The second kappa shape index (κ2) is 5.59. The molecule has 0 aliphatic carbocycles. The molecule has 1 aromatic rings. The van der Waals surface area contributed by atoms with E-state index in [0.29, 0.717) is 5.69 Å². The molecule has 90 valence electrons. The second-order valence-electron chi connectivity index (χ2n) is 3.02. The number of methoxy groups -OCH3 is 1. The van der Waals surface area contributed by atoms with Crippen LogP contribution >= 0.6 is 0 Å². The summed E-state index contributed by atoms with van der Waals surface area (Å²) in [6.45, 7) is 0. The van der Waals surface area contributed by atoms with Crippen molar-refractivity contribution in [1.29, 1.82) is 0 Å². The number of carboxylic acid groups (broad SMARTS) is 1. The third-order valence-electron chi connectivity index (χ3n) is 1.82. The lowest BCUT2D eigenvalue weighted by Crippen LogP contribution is -2.08. The normalized spacial score (nSPS) is 10.4. The predicted molar refractivity (Wildman–Crippen MR) is 59.1 cm³/mol. The number of ether oxygens (including phenoxy) is 1. The molecule has 1 heterocycles. The van der Waals surface area contributed by atoms with E-state index in [1.54, 1.807) is 0 Å². The maximum absolute atomic E-state index is 10.8. The number of nitrogens with two attached hydrogens (primary N) is 1. The average Bonchev–Trinajstić information content (AvgIpc) is 2.30. The van der Waals surface area contributed by atoms with Gasteiger partial charge in [-0.2, -0.15) is 0 Å². The van der Waals surface area contributed by atoms with Gasteiger partial charge in [-0.05, 0) is 6.08 Å². The summed E-state index contributed by atoms with van der Waals surface area (Å²) in [6, 6.07) is 0. The summed E-state index contributed by atoms with van der Waals surface area (Å²) in [6.07, 6.45) is 4.36. The number of rotatable bonds is 4. The zero-order chi connectivity index (χ0) is 12.8. The quantitative estimate of drug-likeness (QED) is 0.725. The number of nitrogens with zero attached hydrogens (tertiary/aromatic N) is 2. The molecule has 3 N–H and O–H groups in total. The van der Waals surface area contributed by atoms with Crippen LogP contribution in [0.15, 0.2) is 12.3 Å². The van der Waals surface area contributed by atoms with Crippen molar-refractivity contribution in [2.45, 2.75) is 6.42 Å². The molecule has 7 heteroatoms. The Balaban J connectivity index is 2.82. The van der Waals surface area contributed by atoms with Gasteiger partial charge in [0.1, 0.15) is 0 Å². The monoisotopic (exact) mass is 237 g/mol. The Morgan fingerprint density at radius 1 is 1.59 bits per heavy atom. The fourth-order valence-corrected chi connectivity index (χ4v) is 1.01. The van der Waals surface area contributed by atoms with E-state index in [0.717, 1.165) is 0 Å². The van der Waals surface area contributed by atoms with Crippen LogP contribution in [0.5, 0.6) is 0 Å². The largest absolute Gasteiger partial charge is 0.476 e. The zero-order valence-electron chi connectivity index (χ0n) is 9.08. The van der Waals surface area contributed by atoms with Gasteiger partial charge in [-0.25, -0.2) is 14.8 Å². The highest BCUT2D eigenvalue weighted by molar-refractivity contribution is 5.90. The lowest BCUT2D eigenvalue weighted by Gasteiger charge is -1.99. The number of hydrogen-bond donors (Lipinski definition) is 2. The van der Waals surface area contributed by atoms with Gasteiger partial charge < -0.3 is 15.6 Å². The Bertz CT molecular complexity index is 471. The maximum Gasteiger partial charge on any atom is 0.358 e. The van der Waals surface area contributed by atoms with Crippen molar-refractivity contribution >= 4 is 23.8 Å². The first-order chi connectivity index (χ1) is 8.04. The first-order valence-electron chi connectivity index (χ1n) is 4.63. The van der Waals surface area contributed by atoms with Crippen LogP contribution in [0, 0.1) is 0 Å². The zero-order valence-corrected chi connectivity index (χ0v) is 9.08. The van der Waals surface area contributed by atoms with Crippen molar-refractivity contribution in [3.63, 3.8) is 0 Å². The summed E-state index contributed by atoms with van der Waals surface area (Å²) in [5, 5.41) is 8.76. The van der Waals surface area contributed by atoms with E-state index >= 15 is 0 Å². The molecule has 0 saturated carbocycles. The standard InChI is InChI=1S/C10H11N3O4/c1-17-7(14)4-2-3-6-5-12-9(11)8(13-6)10(15)16/h2-3,5H,4H2,1H3,(H2,11,12)(H,15,16). The first-order valence-corrected chi connectivity index (χ1v) is 4.63. The summed E-state index contributed by atoms with van der Waals surface area (Å²) in [4.78, 5) is 29.0. The van der Waals surface area contributed by atoms with Gasteiger partial charge in [-0.3, -0.25) is 4.79 Å². The molecular formula is C10H11N3O4. The minimum atomic E-state index is -1.25. The number of nitrogen functional groups attached to an aromatic ring is 1. The van der Waals surface area contributed by atoms with Gasteiger partial charge in [0.2, 0.25) is 0 Å². The third kappa shape index (κ3) is 3.56. The van der Waals surface area contributed by atoms with E-state index in [1.165, 1.54) is 25.5 Å². The highest BCUT2D eigenvalue weighted by Crippen LogP contribution is 2.07. The van der Waals surface area contributed by atoms with Crippen molar-refractivity contribution < 1.29 is 19.4 Å². The number of aromatic carboxylic acids is 1. The van der Waals surface area contributed by atoms with Gasteiger partial charge in [-0.15, -0.1) is 0 Å². The van der Waals surface area contributed by atoms with Gasteiger partial charge >= 0.3 is 11.9 Å². The topological polar surface area (TPSA) is 115 Å². The van der Waals surface area contributed by atoms with E-state index in [1.807, 2.05) is 0 Å². The molecule has 0 aliphatic rings. The Morgan fingerprint density at radius 2 is 2.29 bits per heavy atom. The summed E-state index contributed by atoms with van der Waals surface area (Å²) >= 11 is 0. The number of carboxylic acids is 1. The van der Waals surface area contributed by atoms with Crippen LogP contribution in [-0.2, 0) is 9.53 Å². The van der Waals surface area contributed by atoms with Gasteiger partial charge in [0, 0.05) is 0 Å². The molecule has 0 amide bonds. The number of aromatic nitrogens is 2. The van der Waals surface area contributed by atoms with Gasteiger partial charge in [0.25, 0.3) is 0 Å². The highest BCUT2D eigenvalue weighted by atomic mass is 16.5. The molecule has 1 rings (SSSR count). The van der Waals surface area contributed by atoms with Crippen LogP contribution in [-0.4, -0.2) is 34.1 Å². The van der Waals surface area contributed by atoms with E-state index in [9.17, 15) is 9.59 Å². The predicted octanol–water partition coefficient (Wildman–Crippen LogP) is 0.333. The van der Waals surface area contributed by atoms with Gasteiger partial charge in [0.05, 0.1) is 25.4 Å². The minimum absolute atomic E-state index is 0.0744. The van der Waals surface area contributed by atoms with Crippen LogP contribution in [0.1, 0.15) is 22.6 Å². The molecule has 0 unspecified atom stereocenters. The van der Waals surface area contributed by atoms with Crippen molar-refractivity contribution in [2.24, 2.45) is 0 Å². The fraction of sp³-hybridized carbons (Fsp3) is 0.200. The molecular weight excluding hydrogens is 226 g/mol. The summed E-state index contributed by atoms with van der Waals surface area (Å²) in [7, 11) is 1.28. The number of carbonyl (C=O) groups is 2. The molecule has 1 aromatic heterocycles. The Kier molecular flexibility index (Phi) is 4.15. The average molecular weight is 237 g/mol. The Morgan fingerprint density at radius 3 is 2.88 bits per heavy atom. The van der Waals surface area contributed by atoms with Crippen molar-refractivity contribution in [3.8, 4) is 0 Å². The minimum Gasteiger partial charge on any atom is -0.476 e. The lowest BCUT2D eigenvalue weighted by atomic mass is 10.3. The number of anilines is 1. The molecule has 0 aromatic carbocycles. The summed E-state index contributed by atoms with van der Waals surface area (Å²) in [5.41, 5.74) is 5.33. The summed E-state index contributed by atoms with van der Waals surface area (Å²) < 4.78 is 4.43. The Labute approximate surface area is 96.9 Å². The first kappa shape index (κ1) is 12.6. The second-order valence-corrected chi connectivity index (χ2v) is 3.02. The summed E-state index contributed by atoms with van der Waals surface area (Å²) in [5.74, 6) is -1.80. The van der Waals surface area contributed by atoms with Gasteiger partial charge in [-0.1, -0.05) is 6.08 Å². The lowest BCUT2D eigenvalue weighted by molar-refractivity contribution is -0.139. The number of esters is 1. The van der Waals surface area contributed by atoms with E-state index < -0.39 is 11.9 Å². The van der Waals surface area contributed by atoms with Crippen LogP contribution in [0.25, 0.3) is 6.08 Å². The van der Waals surface area contributed by atoms with Crippen LogP contribution in [0.2, 0.25) is 0 Å². The smallest absolute Gasteiger partial charge is 0.358 e. The van der Waals surface area contributed by atoms with Crippen LogP contribution in [0.4, 0.5) is 5.82 Å². The molecule has 0 fully saturated rings.